The van der Waals surface area contributed by atoms with Crippen molar-refractivity contribution >= 4 is 29.9 Å². The molecule has 23 heavy (non-hydrogen) atoms. The van der Waals surface area contributed by atoms with E-state index >= 15 is 0 Å². The molecule has 0 atom stereocenters. The number of rotatable bonds is 5. The molecule has 0 aliphatic carbocycles. The van der Waals surface area contributed by atoms with Gasteiger partial charge in [-0.15, -0.1) is 24.0 Å². The van der Waals surface area contributed by atoms with Crippen LogP contribution in [0.5, 0.6) is 0 Å². The number of hydrogen-bond donors (Lipinski definition) is 2. The molecule has 6 heteroatoms. The van der Waals surface area contributed by atoms with Gasteiger partial charge in [-0.05, 0) is 72.8 Å². The number of guanidine groups is 1. The molecule has 0 bridgehead atoms. The lowest BCUT2D eigenvalue weighted by Crippen LogP contribution is -2.58. The van der Waals surface area contributed by atoms with E-state index in [9.17, 15) is 0 Å². The van der Waals surface area contributed by atoms with Gasteiger partial charge in [0.2, 0.25) is 0 Å². The Morgan fingerprint density at radius 1 is 0.957 bits per heavy atom. The Kier molecular flexibility index (Phi) is 9.77. The minimum absolute atomic E-state index is 0. The highest BCUT2D eigenvalue weighted by molar-refractivity contribution is 14.0. The van der Waals surface area contributed by atoms with E-state index < -0.39 is 0 Å². The first-order valence-electron chi connectivity index (χ1n) is 9.16. The van der Waals surface area contributed by atoms with Crippen molar-refractivity contribution in [1.82, 2.24) is 20.4 Å². The maximum Gasteiger partial charge on any atom is 0.191 e. The van der Waals surface area contributed by atoms with Gasteiger partial charge in [0.05, 0.1) is 6.54 Å². The van der Waals surface area contributed by atoms with Crippen molar-refractivity contribution in [2.24, 2.45) is 4.99 Å². The molecular weight excluding hydrogens is 401 g/mol. The van der Waals surface area contributed by atoms with Crippen LogP contribution in [-0.2, 0) is 0 Å². The van der Waals surface area contributed by atoms with E-state index in [0.717, 1.165) is 25.6 Å². The van der Waals surface area contributed by atoms with Crippen molar-refractivity contribution in [1.29, 1.82) is 0 Å². The lowest BCUT2D eigenvalue weighted by Gasteiger charge is -2.49. The van der Waals surface area contributed by atoms with Crippen molar-refractivity contribution in [2.75, 3.05) is 52.9 Å². The van der Waals surface area contributed by atoms with Crippen LogP contribution in [0.4, 0.5) is 0 Å². The van der Waals surface area contributed by atoms with Crippen LogP contribution < -0.4 is 10.6 Å². The summed E-state index contributed by atoms with van der Waals surface area (Å²) in [5.41, 5.74) is 0.281. The lowest BCUT2D eigenvalue weighted by atomic mass is 9.84. The van der Waals surface area contributed by atoms with Gasteiger partial charge < -0.3 is 15.5 Å². The zero-order chi connectivity index (χ0) is 15.8. The molecule has 2 saturated heterocycles. The summed E-state index contributed by atoms with van der Waals surface area (Å²) in [7, 11) is 2.24. The first-order valence-corrected chi connectivity index (χ1v) is 9.16. The normalized spacial score (nSPS) is 22.0. The summed E-state index contributed by atoms with van der Waals surface area (Å²) in [4.78, 5) is 10.1. The standard InChI is InChI=1S/C17H35N5.HI/c1-4-18-16(19-5-2)20-15-17(9-13-21(3)14-10-17)22-11-7-6-8-12-22;/h4-15H2,1-3H3,(H2,18,19,20);1H. The van der Waals surface area contributed by atoms with E-state index in [1.165, 1.54) is 58.3 Å². The molecule has 0 radical (unpaired) electrons. The zero-order valence-electron chi connectivity index (χ0n) is 15.2. The quantitative estimate of drug-likeness (QED) is 0.393. The molecule has 136 valence electrons. The SMILES string of the molecule is CCNC(=NCC1(N2CCCCC2)CCN(C)CC1)NCC.I. The molecule has 2 fully saturated rings. The monoisotopic (exact) mass is 437 g/mol. The largest absolute Gasteiger partial charge is 0.357 e. The van der Waals surface area contributed by atoms with Crippen molar-refractivity contribution in [3.05, 3.63) is 0 Å². The number of nitrogens with zero attached hydrogens (tertiary/aromatic N) is 3. The van der Waals surface area contributed by atoms with Gasteiger partial charge in [0.15, 0.2) is 5.96 Å². The summed E-state index contributed by atoms with van der Waals surface area (Å²) in [6.45, 7) is 11.9. The number of halogens is 1. The fraction of sp³-hybridized carbons (Fsp3) is 0.941. The molecule has 2 aliphatic rings. The number of hydrogen-bond acceptors (Lipinski definition) is 3. The maximum atomic E-state index is 4.93. The molecule has 0 aromatic carbocycles. The molecule has 2 rings (SSSR count). The van der Waals surface area contributed by atoms with Gasteiger partial charge in [-0.2, -0.15) is 0 Å². The van der Waals surface area contributed by atoms with E-state index in [1.807, 2.05) is 0 Å². The van der Waals surface area contributed by atoms with Crippen LogP contribution >= 0.6 is 24.0 Å². The van der Waals surface area contributed by atoms with Crippen molar-refractivity contribution in [3.8, 4) is 0 Å². The Morgan fingerprint density at radius 3 is 2.04 bits per heavy atom. The molecule has 0 aromatic heterocycles. The Balaban J connectivity index is 0.00000264. The van der Waals surface area contributed by atoms with Gasteiger partial charge in [0.1, 0.15) is 0 Å². The van der Waals surface area contributed by atoms with Crippen LogP contribution in [-0.4, -0.2) is 74.2 Å². The fourth-order valence-corrected chi connectivity index (χ4v) is 3.71. The maximum absolute atomic E-state index is 4.93. The summed E-state index contributed by atoms with van der Waals surface area (Å²) < 4.78 is 0. The third kappa shape index (κ3) is 6.05. The van der Waals surface area contributed by atoms with E-state index in [1.54, 1.807) is 0 Å². The van der Waals surface area contributed by atoms with Gasteiger partial charge in [0, 0.05) is 18.6 Å². The van der Waals surface area contributed by atoms with Crippen LogP contribution in [0.2, 0.25) is 0 Å². The van der Waals surface area contributed by atoms with E-state index in [-0.39, 0.29) is 29.5 Å². The number of aliphatic imine (C=N–C) groups is 1. The van der Waals surface area contributed by atoms with Crippen LogP contribution in [0.15, 0.2) is 4.99 Å². The van der Waals surface area contributed by atoms with Crippen LogP contribution in [0.3, 0.4) is 0 Å². The molecule has 0 amide bonds. The molecule has 2 N–H and O–H groups in total. The van der Waals surface area contributed by atoms with Crippen molar-refractivity contribution in [3.63, 3.8) is 0 Å². The summed E-state index contributed by atoms with van der Waals surface area (Å²) >= 11 is 0. The molecule has 2 aliphatic heterocycles. The summed E-state index contributed by atoms with van der Waals surface area (Å²) in [5.74, 6) is 0.973. The number of likely N-dealkylation sites (tertiary alicyclic amines) is 2. The second kappa shape index (κ2) is 10.7. The summed E-state index contributed by atoms with van der Waals surface area (Å²) in [5, 5.41) is 6.72. The third-order valence-corrected chi connectivity index (χ3v) is 5.16. The first kappa shape index (κ1) is 21.0. The Hall–Kier alpha value is -0.0800. The van der Waals surface area contributed by atoms with E-state index in [0.29, 0.717) is 0 Å². The van der Waals surface area contributed by atoms with Gasteiger partial charge in [-0.3, -0.25) is 9.89 Å². The summed E-state index contributed by atoms with van der Waals surface area (Å²) in [6, 6.07) is 0. The van der Waals surface area contributed by atoms with Crippen molar-refractivity contribution in [2.45, 2.75) is 51.5 Å². The minimum Gasteiger partial charge on any atom is -0.357 e. The van der Waals surface area contributed by atoms with Crippen molar-refractivity contribution < 1.29 is 0 Å². The Bertz CT molecular complexity index is 339. The van der Waals surface area contributed by atoms with Crippen LogP contribution in [0.25, 0.3) is 0 Å². The fourth-order valence-electron chi connectivity index (χ4n) is 3.71. The second-order valence-corrected chi connectivity index (χ2v) is 6.80. The molecule has 5 nitrogen and oxygen atoms in total. The minimum atomic E-state index is 0. The molecule has 0 unspecified atom stereocenters. The highest BCUT2D eigenvalue weighted by atomic mass is 127. The van der Waals surface area contributed by atoms with Gasteiger partial charge in [0.25, 0.3) is 0 Å². The van der Waals surface area contributed by atoms with E-state index in [2.05, 4.69) is 41.3 Å². The van der Waals surface area contributed by atoms with E-state index in [4.69, 9.17) is 4.99 Å². The lowest BCUT2D eigenvalue weighted by molar-refractivity contribution is 0.0208. The second-order valence-electron chi connectivity index (χ2n) is 6.80. The van der Waals surface area contributed by atoms with Gasteiger partial charge in [-0.1, -0.05) is 6.42 Å². The number of nitrogens with one attached hydrogen (secondary N) is 2. The highest BCUT2D eigenvalue weighted by Gasteiger charge is 2.39. The van der Waals surface area contributed by atoms with Crippen LogP contribution in [0, 0.1) is 0 Å². The molecule has 0 saturated carbocycles. The van der Waals surface area contributed by atoms with Crippen LogP contribution in [0.1, 0.15) is 46.0 Å². The molecular formula is C17H36IN5. The topological polar surface area (TPSA) is 42.9 Å². The smallest absolute Gasteiger partial charge is 0.191 e. The predicted molar refractivity (Wildman–Crippen MR) is 110 cm³/mol. The number of piperidine rings is 2. The first-order chi connectivity index (χ1) is 10.7. The average Bonchev–Trinajstić information content (AvgIpc) is 2.56. The Morgan fingerprint density at radius 2 is 1.52 bits per heavy atom. The zero-order valence-corrected chi connectivity index (χ0v) is 17.6. The molecule has 2 heterocycles. The highest BCUT2D eigenvalue weighted by Crippen LogP contribution is 2.31. The van der Waals surface area contributed by atoms with Gasteiger partial charge >= 0.3 is 0 Å². The molecule has 0 aromatic rings. The third-order valence-electron chi connectivity index (χ3n) is 5.16. The van der Waals surface area contributed by atoms with Gasteiger partial charge in [-0.25, -0.2) is 0 Å². The Labute approximate surface area is 159 Å². The summed E-state index contributed by atoms with van der Waals surface area (Å²) in [6.07, 6.45) is 6.61. The average molecular weight is 437 g/mol. The predicted octanol–water partition coefficient (Wildman–Crippen LogP) is 2.13. The molecule has 0 spiro atoms.